The van der Waals surface area contributed by atoms with Gasteiger partial charge in [0.15, 0.2) is 0 Å². The summed E-state index contributed by atoms with van der Waals surface area (Å²) < 4.78 is 63.7. The van der Waals surface area contributed by atoms with Crippen LogP contribution in [0, 0.1) is 12.7 Å². The van der Waals surface area contributed by atoms with Gasteiger partial charge in [-0.2, -0.15) is 13.2 Å². The van der Waals surface area contributed by atoms with E-state index in [2.05, 4.69) is 15.3 Å². The molecule has 16 heteroatoms. The van der Waals surface area contributed by atoms with E-state index in [9.17, 15) is 37.5 Å². The van der Waals surface area contributed by atoms with Crippen LogP contribution in [0.2, 0.25) is 0 Å². The van der Waals surface area contributed by atoms with Crippen LogP contribution in [0.15, 0.2) is 70.6 Å². The summed E-state index contributed by atoms with van der Waals surface area (Å²) >= 11 is 0. The number of aryl methyl sites for hydroxylation is 2. The van der Waals surface area contributed by atoms with E-state index in [1.807, 2.05) is 0 Å². The van der Waals surface area contributed by atoms with Crippen molar-refractivity contribution in [1.82, 2.24) is 24.4 Å². The molecule has 0 spiro atoms. The molecule has 1 fully saturated rings. The van der Waals surface area contributed by atoms with Crippen LogP contribution in [-0.4, -0.2) is 74.1 Å². The monoisotopic (exact) mass is 694 g/mol. The number of halogens is 4. The van der Waals surface area contributed by atoms with Crippen molar-refractivity contribution >= 4 is 39.4 Å². The topological polar surface area (TPSA) is 149 Å². The van der Waals surface area contributed by atoms with Gasteiger partial charge < -0.3 is 20.1 Å². The van der Waals surface area contributed by atoms with Gasteiger partial charge in [-0.15, -0.1) is 0 Å². The minimum absolute atomic E-state index is 0.00222. The number of alkyl halides is 3. The summed E-state index contributed by atoms with van der Waals surface area (Å²) in [7, 11) is 0. The molecule has 2 atom stereocenters. The maximum Gasteiger partial charge on any atom is 0.411 e. The molecule has 3 aromatic heterocycles. The summed E-state index contributed by atoms with van der Waals surface area (Å²) in [6, 6.07) is 6.16. The van der Waals surface area contributed by atoms with E-state index >= 15 is 4.39 Å². The molecule has 0 radical (unpaired) electrons. The second-order valence-electron chi connectivity index (χ2n) is 11.7. The average Bonchev–Trinajstić information content (AvgIpc) is 3.08. The first kappa shape index (κ1) is 34.2. The lowest BCUT2D eigenvalue weighted by Crippen LogP contribution is -2.53. The third-order valence-corrected chi connectivity index (χ3v) is 8.71. The number of aliphatic carboxylic acids is 1. The van der Waals surface area contributed by atoms with Crippen molar-refractivity contribution in [2.75, 3.05) is 24.7 Å². The Bertz CT molecular complexity index is 2250. The molecule has 6 rings (SSSR count). The fourth-order valence-electron chi connectivity index (χ4n) is 6.32. The highest BCUT2D eigenvalue weighted by molar-refractivity contribution is 5.99. The van der Waals surface area contributed by atoms with E-state index in [4.69, 9.17) is 4.74 Å². The summed E-state index contributed by atoms with van der Waals surface area (Å²) in [4.78, 5) is 62.3. The fraction of sp³-hybridized carbons (Fsp3) is 0.294. The van der Waals surface area contributed by atoms with Crippen molar-refractivity contribution in [1.29, 1.82) is 0 Å². The van der Waals surface area contributed by atoms with E-state index in [0.717, 1.165) is 15.5 Å². The number of anilines is 1. The van der Waals surface area contributed by atoms with Crippen molar-refractivity contribution in [3.63, 3.8) is 0 Å². The molecule has 2 aromatic carbocycles. The molecule has 1 aliphatic rings. The number of nitrogens with one attached hydrogen (secondary N) is 1. The first-order valence-electron chi connectivity index (χ1n) is 15.5. The number of benzene rings is 2. The third-order valence-electron chi connectivity index (χ3n) is 8.71. The van der Waals surface area contributed by atoms with E-state index in [1.165, 1.54) is 54.3 Å². The molecule has 1 amide bonds. The molecule has 1 aliphatic heterocycles. The molecule has 5 aromatic rings. The SMILES string of the molecule is CCn1c(=O)n(-c2ccc(C[C@H](NC(=O)c3c(C)cc(N4CCOC[C@@H]4C(F)(F)F)cc3F)C(=O)O)c3cccnc23)c(=O)c2ccncc21. The predicted molar refractivity (Wildman–Crippen MR) is 174 cm³/mol. The van der Waals surface area contributed by atoms with E-state index in [0.29, 0.717) is 16.5 Å². The Labute approximate surface area is 280 Å². The quantitative estimate of drug-likeness (QED) is 0.232. The maximum atomic E-state index is 15.4. The summed E-state index contributed by atoms with van der Waals surface area (Å²) in [5, 5.41) is 13.1. The molecular formula is C34H30F4N6O6. The van der Waals surface area contributed by atoms with Gasteiger partial charge in [-0.1, -0.05) is 12.1 Å². The average molecular weight is 695 g/mol. The molecule has 4 heterocycles. The normalized spacial score (nSPS) is 15.7. The maximum absolute atomic E-state index is 15.4. The summed E-state index contributed by atoms with van der Waals surface area (Å²) in [5.74, 6) is -3.65. The zero-order chi connectivity index (χ0) is 35.9. The number of aromatic nitrogens is 4. The Morgan fingerprint density at radius 2 is 1.90 bits per heavy atom. The number of carboxylic acids is 1. The third kappa shape index (κ3) is 6.17. The van der Waals surface area contributed by atoms with Crippen molar-refractivity contribution in [2.24, 2.45) is 0 Å². The van der Waals surface area contributed by atoms with Crippen LogP contribution < -0.4 is 21.5 Å². The Kier molecular flexibility index (Phi) is 9.14. The summed E-state index contributed by atoms with van der Waals surface area (Å²) in [5.41, 5.74) is -0.712. The van der Waals surface area contributed by atoms with Gasteiger partial charge in [-0.3, -0.25) is 24.1 Å². The van der Waals surface area contributed by atoms with Gasteiger partial charge >= 0.3 is 17.8 Å². The smallest absolute Gasteiger partial charge is 0.411 e. The number of amides is 1. The first-order chi connectivity index (χ1) is 23.8. The van der Waals surface area contributed by atoms with Crippen molar-refractivity contribution in [2.45, 2.75) is 45.1 Å². The lowest BCUT2D eigenvalue weighted by molar-refractivity contribution is -0.167. The second-order valence-corrected chi connectivity index (χ2v) is 11.7. The number of carbonyl (C=O) groups excluding carboxylic acids is 1. The predicted octanol–water partition coefficient (Wildman–Crippen LogP) is 3.76. The first-order valence-corrected chi connectivity index (χ1v) is 15.5. The molecular weight excluding hydrogens is 664 g/mol. The van der Waals surface area contributed by atoms with Crippen LogP contribution in [0.5, 0.6) is 0 Å². The number of ether oxygens (including phenoxy) is 1. The number of fused-ring (bicyclic) bond motifs is 2. The highest BCUT2D eigenvalue weighted by Gasteiger charge is 2.45. The Balaban J connectivity index is 1.33. The number of hydrogen-bond donors (Lipinski definition) is 2. The van der Waals surface area contributed by atoms with Gasteiger partial charge in [0.1, 0.15) is 17.9 Å². The number of hydrogen-bond acceptors (Lipinski definition) is 8. The van der Waals surface area contributed by atoms with Crippen LogP contribution in [0.3, 0.4) is 0 Å². The second kappa shape index (κ2) is 13.3. The number of carbonyl (C=O) groups is 2. The molecule has 260 valence electrons. The van der Waals surface area contributed by atoms with Crippen LogP contribution >= 0.6 is 0 Å². The van der Waals surface area contributed by atoms with Crippen molar-refractivity contribution < 1.29 is 37.0 Å². The van der Waals surface area contributed by atoms with Crippen molar-refractivity contribution in [3.05, 3.63) is 104 Å². The lowest BCUT2D eigenvalue weighted by atomic mass is 9.99. The summed E-state index contributed by atoms with van der Waals surface area (Å²) in [6.45, 7) is 2.54. The van der Waals surface area contributed by atoms with Crippen LogP contribution in [-0.2, 0) is 22.5 Å². The van der Waals surface area contributed by atoms with Gasteiger partial charge in [0.25, 0.3) is 11.5 Å². The molecule has 2 N–H and O–H groups in total. The van der Waals surface area contributed by atoms with E-state index < -0.39 is 59.4 Å². The lowest BCUT2D eigenvalue weighted by Gasteiger charge is -2.38. The molecule has 12 nitrogen and oxygen atoms in total. The molecule has 1 saturated heterocycles. The minimum atomic E-state index is -4.65. The zero-order valence-electron chi connectivity index (χ0n) is 26.7. The van der Waals surface area contributed by atoms with Crippen LogP contribution in [0.25, 0.3) is 27.5 Å². The molecule has 0 unspecified atom stereocenters. The number of nitrogens with zero attached hydrogens (tertiary/aromatic N) is 5. The molecule has 0 aliphatic carbocycles. The van der Waals surface area contributed by atoms with Crippen molar-refractivity contribution in [3.8, 4) is 5.69 Å². The van der Waals surface area contributed by atoms with Crippen LogP contribution in [0.1, 0.15) is 28.4 Å². The van der Waals surface area contributed by atoms with Gasteiger partial charge in [0.2, 0.25) is 0 Å². The van der Waals surface area contributed by atoms with Crippen LogP contribution in [0.4, 0.5) is 23.2 Å². The van der Waals surface area contributed by atoms with Gasteiger partial charge in [-0.25, -0.2) is 18.5 Å². The van der Waals surface area contributed by atoms with Gasteiger partial charge in [0, 0.05) is 43.0 Å². The number of carboxylic acid groups (broad SMARTS) is 1. The zero-order valence-corrected chi connectivity index (χ0v) is 26.7. The fourth-order valence-corrected chi connectivity index (χ4v) is 6.32. The Hall–Kier alpha value is -5.64. The molecule has 0 saturated carbocycles. The molecule has 0 bridgehead atoms. The largest absolute Gasteiger partial charge is 0.480 e. The minimum Gasteiger partial charge on any atom is -0.480 e. The Morgan fingerprint density at radius 1 is 1.12 bits per heavy atom. The number of morpholine rings is 1. The van der Waals surface area contributed by atoms with Gasteiger partial charge in [-0.05, 0) is 55.3 Å². The van der Waals surface area contributed by atoms with E-state index in [-0.39, 0.29) is 54.0 Å². The summed E-state index contributed by atoms with van der Waals surface area (Å²) in [6.07, 6.45) is -0.635. The highest BCUT2D eigenvalue weighted by Crippen LogP contribution is 2.33. The highest BCUT2D eigenvalue weighted by atomic mass is 19.4. The number of pyridine rings is 2. The van der Waals surface area contributed by atoms with E-state index in [1.54, 1.807) is 19.1 Å². The number of rotatable bonds is 8. The molecule has 50 heavy (non-hydrogen) atoms. The van der Waals surface area contributed by atoms with Gasteiger partial charge in [0.05, 0.1) is 47.1 Å². The standard InChI is InChI=1S/C34H30F4N6O6/c1-3-42-26-16-39-10-8-22(26)31(46)44(33(42)49)25-7-6-19(21-5-4-9-40-29(21)25)14-24(32(47)48)41-30(45)28-18(2)13-20(15-23(28)35)43-11-12-50-17-27(43)34(36,37)38/h4-10,13,15-16,24,27H,3,11-12,14,17H2,1-2H3,(H,41,45)(H,47,48)/t24-,27+/m0/s1. The Morgan fingerprint density at radius 3 is 2.60 bits per heavy atom.